The number of hydrogen-bond acceptors (Lipinski definition) is 2. The van der Waals surface area contributed by atoms with Crippen LogP contribution in [0.25, 0.3) is 0 Å². The van der Waals surface area contributed by atoms with E-state index in [1.807, 2.05) is 18.2 Å². The van der Waals surface area contributed by atoms with Crippen molar-refractivity contribution in [3.63, 3.8) is 0 Å². The normalized spacial score (nSPS) is 11.7. The van der Waals surface area contributed by atoms with Gasteiger partial charge in [-0.1, -0.05) is 62.9 Å². The van der Waals surface area contributed by atoms with Gasteiger partial charge in [0.1, 0.15) is 0 Å². The van der Waals surface area contributed by atoms with Crippen LogP contribution in [-0.4, -0.2) is 5.66 Å². The van der Waals surface area contributed by atoms with Crippen molar-refractivity contribution in [1.29, 1.82) is 0 Å². The monoisotopic (exact) mass is 220 g/mol. The fourth-order valence-corrected chi connectivity index (χ4v) is 1.95. The average Bonchev–Trinajstić information content (AvgIpc) is 2.25. The van der Waals surface area contributed by atoms with E-state index in [0.29, 0.717) is 0 Å². The molecule has 0 heterocycles. The lowest BCUT2D eigenvalue weighted by Gasteiger charge is -2.24. The van der Waals surface area contributed by atoms with Gasteiger partial charge in [0, 0.05) is 6.42 Å². The molecule has 0 saturated carbocycles. The van der Waals surface area contributed by atoms with E-state index in [2.05, 4.69) is 19.1 Å². The number of benzene rings is 1. The molecule has 4 N–H and O–H groups in total. The van der Waals surface area contributed by atoms with Gasteiger partial charge < -0.3 is 11.5 Å². The first kappa shape index (κ1) is 13.2. The van der Waals surface area contributed by atoms with E-state index < -0.39 is 5.66 Å². The van der Waals surface area contributed by atoms with Crippen LogP contribution >= 0.6 is 0 Å². The Kier molecular flexibility index (Phi) is 5.50. The van der Waals surface area contributed by atoms with E-state index >= 15 is 0 Å². The predicted octanol–water partition coefficient (Wildman–Crippen LogP) is 2.81. The molecule has 0 aliphatic rings. The maximum absolute atomic E-state index is 6.11. The van der Waals surface area contributed by atoms with E-state index in [1.54, 1.807) is 0 Å². The highest BCUT2D eigenvalue weighted by atomic mass is 14.9. The lowest BCUT2D eigenvalue weighted by molar-refractivity contribution is 0.385. The summed E-state index contributed by atoms with van der Waals surface area (Å²) in [6.45, 7) is 2.21. The Hall–Kier alpha value is -0.860. The highest BCUT2D eigenvalue weighted by Gasteiger charge is 2.18. The molecule has 1 rings (SSSR count). The van der Waals surface area contributed by atoms with Crippen molar-refractivity contribution >= 4 is 0 Å². The third-order valence-corrected chi connectivity index (χ3v) is 2.87. The van der Waals surface area contributed by atoms with Crippen LogP contribution in [0.5, 0.6) is 0 Å². The van der Waals surface area contributed by atoms with Crippen LogP contribution in [0, 0.1) is 0 Å². The van der Waals surface area contributed by atoms with Gasteiger partial charge >= 0.3 is 0 Å². The SMILES string of the molecule is CCCCCCC(N)(N)Cc1ccccc1. The van der Waals surface area contributed by atoms with Crippen LogP contribution in [-0.2, 0) is 6.42 Å². The largest absolute Gasteiger partial charge is 0.313 e. The van der Waals surface area contributed by atoms with Crippen LogP contribution in [0.15, 0.2) is 30.3 Å². The smallest absolute Gasteiger partial charge is 0.0677 e. The Labute approximate surface area is 99.0 Å². The van der Waals surface area contributed by atoms with Crippen molar-refractivity contribution in [2.24, 2.45) is 11.5 Å². The molecule has 0 spiro atoms. The van der Waals surface area contributed by atoms with E-state index in [1.165, 1.54) is 24.8 Å². The summed E-state index contributed by atoms with van der Waals surface area (Å²) in [7, 11) is 0. The minimum Gasteiger partial charge on any atom is -0.313 e. The zero-order valence-electron chi connectivity index (χ0n) is 10.3. The Balaban J connectivity index is 2.33. The summed E-state index contributed by atoms with van der Waals surface area (Å²) in [5.74, 6) is 0. The summed E-state index contributed by atoms with van der Waals surface area (Å²) >= 11 is 0. The maximum atomic E-state index is 6.11. The molecule has 0 saturated heterocycles. The molecular formula is C14H24N2. The van der Waals surface area contributed by atoms with E-state index in [-0.39, 0.29) is 0 Å². The molecule has 0 aliphatic heterocycles. The van der Waals surface area contributed by atoms with Gasteiger partial charge in [0.15, 0.2) is 0 Å². The van der Waals surface area contributed by atoms with Crippen LogP contribution in [0.2, 0.25) is 0 Å². The minimum absolute atomic E-state index is 0.547. The molecule has 0 aliphatic carbocycles. The van der Waals surface area contributed by atoms with Gasteiger partial charge in [-0.05, 0) is 12.0 Å². The fraction of sp³-hybridized carbons (Fsp3) is 0.571. The molecule has 0 aromatic heterocycles. The highest BCUT2D eigenvalue weighted by molar-refractivity contribution is 5.17. The van der Waals surface area contributed by atoms with E-state index in [0.717, 1.165) is 19.3 Å². The molecule has 1 aromatic carbocycles. The molecule has 1 aromatic rings. The topological polar surface area (TPSA) is 52.0 Å². The molecule has 0 atom stereocenters. The van der Waals surface area contributed by atoms with Crippen LogP contribution in [0.1, 0.15) is 44.6 Å². The van der Waals surface area contributed by atoms with Gasteiger partial charge in [-0.25, -0.2) is 0 Å². The molecule has 0 amide bonds. The molecule has 0 fully saturated rings. The van der Waals surface area contributed by atoms with Crippen molar-refractivity contribution in [1.82, 2.24) is 0 Å². The van der Waals surface area contributed by atoms with Crippen LogP contribution in [0.4, 0.5) is 0 Å². The molecule has 0 radical (unpaired) electrons. The van der Waals surface area contributed by atoms with Gasteiger partial charge in [0.05, 0.1) is 5.66 Å². The zero-order chi connectivity index (χ0) is 11.9. The quantitative estimate of drug-likeness (QED) is 0.548. The van der Waals surface area contributed by atoms with Crippen molar-refractivity contribution in [2.75, 3.05) is 0 Å². The van der Waals surface area contributed by atoms with Crippen molar-refractivity contribution in [2.45, 2.75) is 51.1 Å². The molecule has 0 unspecified atom stereocenters. The molecule has 90 valence electrons. The number of unbranched alkanes of at least 4 members (excludes halogenated alkanes) is 3. The molecule has 16 heavy (non-hydrogen) atoms. The first-order valence-electron chi connectivity index (χ1n) is 6.26. The van der Waals surface area contributed by atoms with Gasteiger partial charge in [-0.15, -0.1) is 0 Å². The zero-order valence-corrected chi connectivity index (χ0v) is 10.3. The number of hydrogen-bond donors (Lipinski definition) is 2. The standard InChI is InChI=1S/C14H24N2/c1-2-3-4-8-11-14(15,16)12-13-9-6-5-7-10-13/h5-7,9-10H,2-4,8,11-12,15-16H2,1H3. The van der Waals surface area contributed by atoms with Gasteiger partial charge in [-0.3, -0.25) is 0 Å². The lowest BCUT2D eigenvalue weighted by Crippen LogP contribution is -2.51. The highest BCUT2D eigenvalue weighted by Crippen LogP contribution is 2.14. The molecule has 0 bridgehead atoms. The van der Waals surface area contributed by atoms with E-state index in [4.69, 9.17) is 11.5 Å². The van der Waals surface area contributed by atoms with Crippen molar-refractivity contribution in [3.05, 3.63) is 35.9 Å². The molecular weight excluding hydrogens is 196 g/mol. The lowest BCUT2D eigenvalue weighted by atomic mass is 9.95. The fourth-order valence-electron chi connectivity index (χ4n) is 1.95. The summed E-state index contributed by atoms with van der Waals surface area (Å²) in [6.07, 6.45) is 6.57. The third-order valence-electron chi connectivity index (χ3n) is 2.87. The van der Waals surface area contributed by atoms with Gasteiger partial charge in [-0.2, -0.15) is 0 Å². The predicted molar refractivity (Wildman–Crippen MR) is 70.0 cm³/mol. The Morgan fingerprint density at radius 3 is 2.31 bits per heavy atom. The minimum atomic E-state index is -0.547. The summed E-state index contributed by atoms with van der Waals surface area (Å²) in [5.41, 5.74) is 12.9. The second kappa shape index (κ2) is 6.66. The van der Waals surface area contributed by atoms with Crippen molar-refractivity contribution < 1.29 is 0 Å². The third kappa shape index (κ3) is 5.29. The van der Waals surface area contributed by atoms with E-state index in [9.17, 15) is 0 Å². The van der Waals surface area contributed by atoms with Gasteiger partial charge in [0.2, 0.25) is 0 Å². The second-order valence-electron chi connectivity index (χ2n) is 4.71. The van der Waals surface area contributed by atoms with Crippen LogP contribution < -0.4 is 11.5 Å². The number of nitrogens with two attached hydrogens (primary N) is 2. The van der Waals surface area contributed by atoms with Crippen LogP contribution in [0.3, 0.4) is 0 Å². The summed E-state index contributed by atoms with van der Waals surface area (Å²) < 4.78 is 0. The Morgan fingerprint density at radius 1 is 1.00 bits per heavy atom. The second-order valence-corrected chi connectivity index (χ2v) is 4.71. The first-order valence-corrected chi connectivity index (χ1v) is 6.26. The molecule has 2 nitrogen and oxygen atoms in total. The summed E-state index contributed by atoms with van der Waals surface area (Å²) in [5, 5.41) is 0. The average molecular weight is 220 g/mol. The Bertz CT molecular complexity index is 280. The summed E-state index contributed by atoms with van der Waals surface area (Å²) in [6, 6.07) is 10.2. The van der Waals surface area contributed by atoms with Gasteiger partial charge in [0.25, 0.3) is 0 Å². The maximum Gasteiger partial charge on any atom is 0.0677 e. The first-order chi connectivity index (χ1) is 7.64. The summed E-state index contributed by atoms with van der Waals surface area (Å²) in [4.78, 5) is 0. The molecule has 2 heteroatoms. The van der Waals surface area contributed by atoms with Crippen molar-refractivity contribution in [3.8, 4) is 0 Å². The number of rotatable bonds is 7. The Morgan fingerprint density at radius 2 is 1.69 bits per heavy atom.